The van der Waals surface area contributed by atoms with Crippen molar-refractivity contribution in [2.75, 3.05) is 5.32 Å². The van der Waals surface area contributed by atoms with E-state index in [0.29, 0.717) is 11.4 Å². The lowest BCUT2D eigenvalue weighted by Crippen LogP contribution is -2.23. The zero-order valence-electron chi connectivity index (χ0n) is 9.11. The second-order valence-electron chi connectivity index (χ2n) is 3.63. The van der Waals surface area contributed by atoms with Crippen LogP contribution in [0.2, 0.25) is 0 Å². The number of nitrogens with one attached hydrogen (secondary N) is 1. The van der Waals surface area contributed by atoms with Gasteiger partial charge >= 0.3 is 0 Å². The molecule has 18 heavy (non-hydrogen) atoms. The summed E-state index contributed by atoms with van der Waals surface area (Å²) in [6.07, 6.45) is 4.44. The highest BCUT2D eigenvalue weighted by molar-refractivity contribution is 7.90. The first-order valence-electron chi connectivity index (χ1n) is 5.14. The fraction of sp³-hybridized carbons (Fsp3) is 0. The lowest BCUT2D eigenvalue weighted by atomic mass is 10.3. The maximum atomic E-state index is 12.0. The van der Waals surface area contributed by atoms with Crippen LogP contribution in [-0.2, 0) is 10.0 Å². The van der Waals surface area contributed by atoms with Crippen LogP contribution in [-0.4, -0.2) is 24.2 Å². The van der Waals surface area contributed by atoms with Crippen molar-refractivity contribution in [3.05, 3.63) is 48.5 Å². The normalized spacial score (nSPS) is 16.3. The summed E-state index contributed by atoms with van der Waals surface area (Å²) in [5.41, 5.74) is 0.878. The molecule has 3 rings (SSSR count). The van der Waals surface area contributed by atoms with Crippen molar-refractivity contribution in [3.63, 3.8) is 0 Å². The highest BCUT2D eigenvalue weighted by Gasteiger charge is 2.25. The summed E-state index contributed by atoms with van der Waals surface area (Å²) in [5.74, 6) is 0.182. The van der Waals surface area contributed by atoms with Crippen molar-refractivity contribution in [1.82, 2.24) is 9.97 Å². The van der Waals surface area contributed by atoms with Gasteiger partial charge in [-0.1, -0.05) is 12.1 Å². The topological polar surface area (TPSA) is 84.3 Å². The number of rotatable bonds is 1. The van der Waals surface area contributed by atoms with Gasteiger partial charge < -0.3 is 5.32 Å². The van der Waals surface area contributed by atoms with Crippen molar-refractivity contribution >= 4 is 21.5 Å². The van der Waals surface area contributed by atoms with Crippen LogP contribution in [0.25, 0.3) is 0 Å². The molecule has 1 N–H and O–H groups in total. The lowest BCUT2D eigenvalue weighted by molar-refractivity contribution is 0.598. The van der Waals surface area contributed by atoms with Crippen LogP contribution < -0.4 is 5.32 Å². The van der Waals surface area contributed by atoms with Gasteiger partial charge in [0.05, 0.1) is 11.9 Å². The second kappa shape index (κ2) is 3.88. The summed E-state index contributed by atoms with van der Waals surface area (Å²) in [6.45, 7) is 0. The molecule has 1 aromatic carbocycles. The van der Waals surface area contributed by atoms with E-state index in [-0.39, 0.29) is 10.7 Å². The standard InChI is InChI=1S/C11H8N4O2S/c16-18(17)10-4-2-1-3-8(10)14-11(15-18)9-7-12-5-6-13-9/h1-7H,(H,14,15). The van der Waals surface area contributed by atoms with Gasteiger partial charge in [-0.15, -0.1) is 4.40 Å². The Morgan fingerprint density at radius 2 is 1.94 bits per heavy atom. The zero-order valence-corrected chi connectivity index (χ0v) is 9.92. The SMILES string of the molecule is O=S1(=O)N=C(c2cnccn2)Nc2ccccc21. The van der Waals surface area contributed by atoms with Crippen LogP contribution >= 0.6 is 0 Å². The monoisotopic (exact) mass is 260 g/mol. The zero-order chi connectivity index (χ0) is 12.6. The van der Waals surface area contributed by atoms with Gasteiger partial charge in [0.25, 0.3) is 10.0 Å². The van der Waals surface area contributed by atoms with E-state index in [1.807, 2.05) is 0 Å². The maximum Gasteiger partial charge on any atom is 0.286 e. The summed E-state index contributed by atoms with van der Waals surface area (Å²) in [4.78, 5) is 8.07. The number of benzene rings is 1. The Morgan fingerprint density at radius 1 is 1.11 bits per heavy atom. The number of amidine groups is 1. The molecule has 0 spiro atoms. The maximum absolute atomic E-state index is 12.0. The molecule has 0 fully saturated rings. The molecule has 7 heteroatoms. The highest BCUT2D eigenvalue weighted by Crippen LogP contribution is 2.27. The third-order valence-corrected chi connectivity index (χ3v) is 3.77. The van der Waals surface area contributed by atoms with E-state index in [1.165, 1.54) is 24.7 Å². The molecule has 0 amide bonds. The molecule has 2 heterocycles. The van der Waals surface area contributed by atoms with Crippen molar-refractivity contribution < 1.29 is 8.42 Å². The summed E-state index contributed by atoms with van der Waals surface area (Å²) in [7, 11) is -3.68. The van der Waals surface area contributed by atoms with E-state index >= 15 is 0 Å². The van der Waals surface area contributed by atoms with Crippen LogP contribution in [0.4, 0.5) is 5.69 Å². The first-order chi connectivity index (χ1) is 8.67. The fourth-order valence-corrected chi connectivity index (χ4v) is 2.77. The average molecular weight is 260 g/mol. The van der Waals surface area contributed by atoms with Gasteiger partial charge in [-0.2, -0.15) is 8.42 Å². The quantitative estimate of drug-likeness (QED) is 0.828. The van der Waals surface area contributed by atoms with Crippen molar-refractivity contribution in [3.8, 4) is 0 Å². The Hall–Kier alpha value is -2.28. The van der Waals surface area contributed by atoms with Crippen molar-refractivity contribution in [2.24, 2.45) is 4.40 Å². The summed E-state index contributed by atoms with van der Waals surface area (Å²) in [5, 5.41) is 2.94. The van der Waals surface area contributed by atoms with Gasteiger partial charge in [0, 0.05) is 12.4 Å². The van der Waals surface area contributed by atoms with E-state index in [2.05, 4.69) is 19.7 Å². The van der Waals surface area contributed by atoms with Gasteiger partial charge in [-0.3, -0.25) is 4.98 Å². The minimum Gasteiger partial charge on any atom is -0.337 e. The Morgan fingerprint density at radius 3 is 2.72 bits per heavy atom. The number of fused-ring (bicyclic) bond motifs is 1. The molecule has 0 bridgehead atoms. The molecule has 6 nitrogen and oxygen atoms in total. The largest absolute Gasteiger partial charge is 0.337 e. The van der Waals surface area contributed by atoms with Gasteiger partial charge in [-0.05, 0) is 12.1 Å². The lowest BCUT2D eigenvalue weighted by Gasteiger charge is -2.17. The van der Waals surface area contributed by atoms with E-state index in [1.54, 1.807) is 18.2 Å². The molecule has 1 aliphatic heterocycles. The Balaban J connectivity index is 2.16. The fourth-order valence-electron chi connectivity index (χ4n) is 1.65. The molecule has 2 aromatic rings. The molecule has 0 radical (unpaired) electrons. The number of anilines is 1. The number of hydrogen-bond acceptors (Lipinski definition) is 5. The highest BCUT2D eigenvalue weighted by atomic mass is 32.2. The summed E-state index contributed by atoms with van der Waals surface area (Å²) >= 11 is 0. The molecule has 90 valence electrons. The van der Waals surface area contributed by atoms with Crippen LogP contribution in [0.1, 0.15) is 5.69 Å². The predicted molar refractivity (Wildman–Crippen MR) is 65.8 cm³/mol. The van der Waals surface area contributed by atoms with Crippen LogP contribution in [0.15, 0.2) is 52.1 Å². The first-order valence-corrected chi connectivity index (χ1v) is 6.58. The van der Waals surface area contributed by atoms with E-state index in [9.17, 15) is 8.42 Å². The summed E-state index contributed by atoms with van der Waals surface area (Å²) < 4.78 is 27.7. The molecule has 1 aliphatic rings. The van der Waals surface area contributed by atoms with Crippen molar-refractivity contribution in [2.45, 2.75) is 4.90 Å². The van der Waals surface area contributed by atoms with Gasteiger partial charge in [0.15, 0.2) is 5.84 Å². The molecular formula is C11H8N4O2S. The second-order valence-corrected chi connectivity index (χ2v) is 5.20. The Bertz CT molecular complexity index is 726. The van der Waals surface area contributed by atoms with Crippen LogP contribution in [0.3, 0.4) is 0 Å². The first kappa shape index (κ1) is 10.8. The third kappa shape index (κ3) is 1.74. The van der Waals surface area contributed by atoms with E-state index in [4.69, 9.17) is 0 Å². The van der Waals surface area contributed by atoms with E-state index in [0.717, 1.165) is 0 Å². The predicted octanol–water partition coefficient (Wildman–Crippen LogP) is 1.04. The number of nitrogens with zero attached hydrogens (tertiary/aromatic N) is 3. The average Bonchev–Trinajstić information content (AvgIpc) is 2.39. The van der Waals surface area contributed by atoms with Crippen molar-refractivity contribution in [1.29, 1.82) is 0 Å². The number of aromatic nitrogens is 2. The Kier molecular flexibility index (Phi) is 2.34. The number of para-hydroxylation sites is 1. The number of sulfonamides is 1. The number of hydrogen-bond donors (Lipinski definition) is 1. The van der Waals surface area contributed by atoms with Gasteiger partial charge in [0.1, 0.15) is 10.6 Å². The summed E-state index contributed by atoms with van der Waals surface area (Å²) in [6, 6.07) is 6.59. The molecule has 0 atom stereocenters. The molecule has 0 unspecified atom stereocenters. The molecule has 1 aromatic heterocycles. The Labute approximate surface area is 103 Å². The molecule has 0 aliphatic carbocycles. The van der Waals surface area contributed by atoms with E-state index < -0.39 is 10.0 Å². The molecule has 0 saturated carbocycles. The third-order valence-electron chi connectivity index (χ3n) is 2.44. The molecular weight excluding hydrogens is 252 g/mol. The molecule has 0 saturated heterocycles. The van der Waals surface area contributed by atoms with Gasteiger partial charge in [-0.25, -0.2) is 4.98 Å². The minimum absolute atomic E-state index is 0.164. The smallest absolute Gasteiger partial charge is 0.286 e. The van der Waals surface area contributed by atoms with Gasteiger partial charge in [0.2, 0.25) is 0 Å². The van der Waals surface area contributed by atoms with Crippen LogP contribution in [0.5, 0.6) is 0 Å². The van der Waals surface area contributed by atoms with Crippen LogP contribution in [0, 0.1) is 0 Å². The minimum atomic E-state index is -3.68.